The monoisotopic (exact) mass is 371 g/mol. The summed E-state index contributed by atoms with van der Waals surface area (Å²) in [5.41, 5.74) is 0.254. The summed E-state index contributed by atoms with van der Waals surface area (Å²) in [6, 6.07) is 0.624. The number of fused-ring (bicyclic) bond motifs is 1. The van der Waals surface area contributed by atoms with Crippen LogP contribution in [-0.2, 0) is 4.79 Å². The molecule has 6 rings (SSSR count). The molecule has 1 aromatic rings. The highest BCUT2D eigenvalue weighted by Crippen LogP contribution is 2.45. The molecule has 27 heavy (non-hydrogen) atoms. The quantitative estimate of drug-likeness (QED) is 0.862. The number of carbonyl (C=O) groups is 2. The highest BCUT2D eigenvalue weighted by Gasteiger charge is 2.57. The minimum atomic E-state index is -0.194. The Morgan fingerprint density at radius 2 is 1.85 bits per heavy atom. The van der Waals surface area contributed by atoms with Crippen molar-refractivity contribution in [1.82, 2.24) is 25.2 Å². The van der Waals surface area contributed by atoms with Gasteiger partial charge in [0.25, 0.3) is 5.91 Å². The van der Waals surface area contributed by atoms with E-state index in [0.29, 0.717) is 30.6 Å². The number of hydrogen-bond acceptors (Lipinski definition) is 4. The van der Waals surface area contributed by atoms with Crippen LogP contribution in [-0.4, -0.2) is 49.8 Å². The van der Waals surface area contributed by atoms with Crippen LogP contribution >= 0.6 is 0 Å². The molecule has 0 aromatic carbocycles. The van der Waals surface area contributed by atoms with Crippen molar-refractivity contribution in [2.75, 3.05) is 6.54 Å². The molecule has 0 spiro atoms. The van der Waals surface area contributed by atoms with Gasteiger partial charge in [-0.25, -0.2) is 4.68 Å². The maximum atomic E-state index is 12.9. The van der Waals surface area contributed by atoms with Crippen LogP contribution in [0.2, 0.25) is 0 Å². The normalized spacial score (nSPS) is 30.7. The number of aromatic nitrogens is 3. The van der Waals surface area contributed by atoms with Gasteiger partial charge in [-0.3, -0.25) is 9.59 Å². The Hall–Kier alpha value is -1.92. The lowest BCUT2D eigenvalue weighted by Crippen LogP contribution is -2.55. The van der Waals surface area contributed by atoms with Crippen LogP contribution in [0.5, 0.6) is 0 Å². The topological polar surface area (TPSA) is 80.1 Å². The molecule has 3 aliphatic carbocycles. The van der Waals surface area contributed by atoms with Crippen molar-refractivity contribution >= 4 is 11.8 Å². The number of nitrogens with one attached hydrogen (secondary N) is 1. The van der Waals surface area contributed by atoms with Crippen molar-refractivity contribution in [3.05, 3.63) is 11.9 Å². The molecule has 5 fully saturated rings. The maximum Gasteiger partial charge on any atom is 0.276 e. The molecule has 0 radical (unpaired) electrons. The van der Waals surface area contributed by atoms with E-state index >= 15 is 0 Å². The first kappa shape index (κ1) is 17.2. The zero-order valence-electron chi connectivity index (χ0n) is 15.9. The standard InChI is InChI=1S/C20H29N5O2/c26-18(9-14-5-4-6-14)21-20-10-16(11-20)24(13-20)19(27)17-12-25(23-22-17)15-7-2-1-3-8-15/h12,14-16H,1-11,13H2,(H,21,26). The number of carbonyl (C=O) groups excluding carboxylic acids is 2. The minimum Gasteiger partial charge on any atom is -0.349 e. The van der Waals surface area contributed by atoms with Gasteiger partial charge in [-0.2, -0.15) is 0 Å². The Kier molecular flexibility index (Phi) is 4.20. The highest BCUT2D eigenvalue weighted by molar-refractivity contribution is 5.93. The fourth-order valence-electron chi connectivity index (χ4n) is 5.38. The molecule has 3 saturated carbocycles. The summed E-state index contributed by atoms with van der Waals surface area (Å²) in [5.74, 6) is 0.705. The molecule has 0 atom stereocenters. The van der Waals surface area contributed by atoms with Gasteiger partial charge < -0.3 is 10.2 Å². The third-order valence-electron chi connectivity index (χ3n) is 7.21. The molecular formula is C20H29N5O2. The predicted molar refractivity (Wildman–Crippen MR) is 99.0 cm³/mol. The van der Waals surface area contributed by atoms with Crippen molar-refractivity contribution in [3.63, 3.8) is 0 Å². The van der Waals surface area contributed by atoms with Gasteiger partial charge in [0, 0.05) is 19.0 Å². The first-order valence-corrected chi connectivity index (χ1v) is 10.7. The zero-order valence-corrected chi connectivity index (χ0v) is 15.9. The molecule has 2 amide bonds. The van der Waals surface area contributed by atoms with Crippen molar-refractivity contribution in [3.8, 4) is 0 Å². The molecule has 0 unspecified atom stereocenters. The van der Waals surface area contributed by atoms with E-state index in [1.54, 1.807) is 0 Å². The van der Waals surface area contributed by atoms with Crippen LogP contribution in [0.1, 0.15) is 87.2 Å². The molecule has 2 bridgehead atoms. The minimum absolute atomic E-state index is 0.0327. The molecule has 146 valence electrons. The molecule has 1 aromatic heterocycles. The predicted octanol–water partition coefficient (Wildman–Crippen LogP) is 2.45. The van der Waals surface area contributed by atoms with Crippen LogP contribution in [0, 0.1) is 5.92 Å². The maximum absolute atomic E-state index is 12.9. The van der Waals surface area contributed by atoms with E-state index in [0.717, 1.165) is 25.7 Å². The molecule has 2 aliphatic heterocycles. The number of hydrogen-bond donors (Lipinski definition) is 1. The van der Waals surface area contributed by atoms with Crippen LogP contribution in [0.3, 0.4) is 0 Å². The SMILES string of the molecule is O=C(CC1CCC1)NC12CC(C1)N(C(=O)c1cn(C3CCCCC3)nn1)C2. The molecule has 7 heteroatoms. The lowest BCUT2D eigenvalue weighted by molar-refractivity contribution is -0.125. The Bertz CT molecular complexity index is 728. The first-order valence-electron chi connectivity index (χ1n) is 10.7. The molecule has 2 saturated heterocycles. The fourth-order valence-corrected chi connectivity index (χ4v) is 5.38. The second-order valence-corrected chi connectivity index (χ2v) is 9.20. The summed E-state index contributed by atoms with van der Waals surface area (Å²) in [6.07, 6.45) is 13.9. The van der Waals surface area contributed by atoms with E-state index in [1.807, 2.05) is 15.8 Å². The second kappa shape index (κ2) is 6.60. The fraction of sp³-hybridized carbons (Fsp3) is 0.800. The van der Waals surface area contributed by atoms with Gasteiger partial charge in [-0.15, -0.1) is 5.10 Å². The van der Waals surface area contributed by atoms with E-state index in [-0.39, 0.29) is 23.4 Å². The Labute approximate surface area is 159 Å². The Morgan fingerprint density at radius 3 is 2.56 bits per heavy atom. The van der Waals surface area contributed by atoms with Gasteiger partial charge in [0.2, 0.25) is 5.91 Å². The summed E-state index contributed by atoms with van der Waals surface area (Å²) >= 11 is 0. The van der Waals surface area contributed by atoms with Crippen molar-refractivity contribution in [1.29, 1.82) is 0 Å². The summed E-state index contributed by atoms with van der Waals surface area (Å²) < 4.78 is 1.89. The largest absolute Gasteiger partial charge is 0.349 e. The molecule has 5 aliphatic rings. The molecule has 7 nitrogen and oxygen atoms in total. The number of rotatable bonds is 5. The van der Waals surface area contributed by atoms with Gasteiger partial charge in [-0.05, 0) is 44.4 Å². The lowest BCUT2D eigenvalue weighted by Gasteiger charge is -2.38. The Balaban J connectivity index is 1.19. The summed E-state index contributed by atoms with van der Waals surface area (Å²) in [6.45, 7) is 0.614. The number of amides is 2. The van der Waals surface area contributed by atoms with Crippen molar-refractivity contribution in [2.24, 2.45) is 5.92 Å². The van der Waals surface area contributed by atoms with Gasteiger partial charge in [0.05, 0.1) is 17.8 Å². The van der Waals surface area contributed by atoms with E-state index < -0.39 is 0 Å². The first-order chi connectivity index (χ1) is 13.1. The van der Waals surface area contributed by atoms with Gasteiger partial charge in [0.1, 0.15) is 0 Å². The third-order valence-corrected chi connectivity index (χ3v) is 7.21. The van der Waals surface area contributed by atoms with Crippen molar-refractivity contribution < 1.29 is 9.59 Å². The van der Waals surface area contributed by atoms with E-state index in [4.69, 9.17) is 0 Å². The second-order valence-electron chi connectivity index (χ2n) is 9.20. The van der Waals surface area contributed by atoms with E-state index in [2.05, 4.69) is 15.6 Å². The molecular weight excluding hydrogens is 342 g/mol. The molecule has 1 N–H and O–H groups in total. The third kappa shape index (κ3) is 3.15. The summed E-state index contributed by atoms with van der Waals surface area (Å²) in [4.78, 5) is 27.2. The van der Waals surface area contributed by atoms with Crippen molar-refractivity contribution in [2.45, 2.75) is 88.3 Å². The lowest BCUT2D eigenvalue weighted by atomic mass is 9.77. The van der Waals surface area contributed by atoms with Gasteiger partial charge >= 0.3 is 0 Å². The zero-order chi connectivity index (χ0) is 18.4. The smallest absolute Gasteiger partial charge is 0.276 e. The van der Waals surface area contributed by atoms with Crippen LogP contribution in [0.15, 0.2) is 6.20 Å². The summed E-state index contributed by atoms with van der Waals surface area (Å²) in [7, 11) is 0. The Morgan fingerprint density at radius 1 is 1.07 bits per heavy atom. The van der Waals surface area contributed by atoms with Crippen LogP contribution < -0.4 is 5.32 Å². The van der Waals surface area contributed by atoms with Crippen LogP contribution in [0.4, 0.5) is 0 Å². The average molecular weight is 371 g/mol. The van der Waals surface area contributed by atoms with E-state index in [1.165, 1.54) is 38.5 Å². The van der Waals surface area contributed by atoms with Crippen LogP contribution in [0.25, 0.3) is 0 Å². The number of nitrogens with zero attached hydrogens (tertiary/aromatic N) is 4. The highest BCUT2D eigenvalue weighted by atomic mass is 16.2. The molecule has 3 heterocycles. The van der Waals surface area contributed by atoms with Gasteiger partial charge in [-0.1, -0.05) is 30.9 Å². The van der Waals surface area contributed by atoms with Gasteiger partial charge in [0.15, 0.2) is 5.69 Å². The summed E-state index contributed by atoms with van der Waals surface area (Å²) in [5, 5.41) is 11.6. The van der Waals surface area contributed by atoms with E-state index in [9.17, 15) is 9.59 Å². The average Bonchev–Trinajstić information content (AvgIpc) is 3.31.